The maximum absolute atomic E-state index is 13.5. The average Bonchev–Trinajstić information content (AvgIpc) is 3.21. The summed E-state index contributed by atoms with van der Waals surface area (Å²) in [5.74, 6) is 1.57. The summed E-state index contributed by atoms with van der Waals surface area (Å²) in [6.07, 6.45) is -5.03. The molecule has 0 spiro atoms. The van der Waals surface area contributed by atoms with Gasteiger partial charge in [-0.05, 0) is 47.7 Å². The Morgan fingerprint density at radius 1 is 1.14 bits per heavy atom. The lowest BCUT2D eigenvalue weighted by atomic mass is 10.2. The quantitative estimate of drug-likeness (QED) is 0.483. The van der Waals surface area contributed by atoms with Gasteiger partial charge in [0, 0.05) is 25.2 Å². The van der Waals surface area contributed by atoms with E-state index in [4.69, 9.17) is 14.2 Å². The summed E-state index contributed by atoms with van der Waals surface area (Å²) in [7, 11) is 1.52. The van der Waals surface area contributed by atoms with Crippen LogP contribution in [0.2, 0.25) is 0 Å². The van der Waals surface area contributed by atoms with Crippen molar-refractivity contribution in [3.05, 3.63) is 66.1 Å². The van der Waals surface area contributed by atoms with Crippen molar-refractivity contribution in [3.63, 3.8) is 0 Å². The van der Waals surface area contributed by atoms with Crippen LogP contribution in [0.3, 0.4) is 0 Å². The summed E-state index contributed by atoms with van der Waals surface area (Å²) in [5.41, 5.74) is 1.50. The van der Waals surface area contributed by atoms with Crippen molar-refractivity contribution in [3.8, 4) is 17.3 Å². The summed E-state index contributed by atoms with van der Waals surface area (Å²) >= 11 is 0. The first-order valence-corrected chi connectivity index (χ1v) is 11.7. The first-order valence-electron chi connectivity index (χ1n) is 11.7. The zero-order chi connectivity index (χ0) is 26.2. The Kier molecular flexibility index (Phi) is 6.67. The van der Waals surface area contributed by atoms with Gasteiger partial charge in [0.15, 0.2) is 5.82 Å². The van der Waals surface area contributed by atoms with Crippen LogP contribution in [0.4, 0.5) is 18.0 Å². The highest BCUT2D eigenvalue weighted by atomic mass is 19.4. The number of piperidine rings is 1. The number of aromatic hydroxyl groups is 1. The molecule has 0 radical (unpaired) electrons. The van der Waals surface area contributed by atoms with E-state index in [1.54, 1.807) is 41.2 Å². The third kappa shape index (κ3) is 5.48. The van der Waals surface area contributed by atoms with Gasteiger partial charge in [0.1, 0.15) is 11.5 Å². The molecule has 196 valence electrons. The summed E-state index contributed by atoms with van der Waals surface area (Å²) in [6, 6.07) is 11.7. The molecule has 1 unspecified atom stereocenters. The van der Waals surface area contributed by atoms with E-state index in [-0.39, 0.29) is 30.1 Å². The van der Waals surface area contributed by atoms with E-state index in [0.29, 0.717) is 30.2 Å². The standard InChI is InChI=1S/C25H25F3N4O5/c1-35-17-5-2-15(3-6-17)13-36-14-21(25(26,27)28)37-24(34)31-11-18-19(12-31)23(18)20-8-9-32(30-20)22-7-4-16(33)10-29-22/h2-10,18-19,21,23,33H,11-14H2,1H3/t18-,19?,21-,23-/m1/s1. The van der Waals surface area contributed by atoms with E-state index in [2.05, 4.69) is 10.1 Å². The number of ether oxygens (including phenoxy) is 3. The number of amides is 1. The lowest BCUT2D eigenvalue weighted by Gasteiger charge is -2.25. The SMILES string of the molecule is COc1ccc(COC[C@@H](OC(=O)N2CC3[C@@H](C2)[C@H]3c2ccn(-c3ccc(O)cn3)n2)C(F)(F)F)cc1. The second-order valence-electron chi connectivity index (χ2n) is 9.10. The summed E-state index contributed by atoms with van der Waals surface area (Å²) in [6.45, 7) is -0.255. The Morgan fingerprint density at radius 2 is 1.86 bits per heavy atom. The molecule has 4 atom stereocenters. The van der Waals surface area contributed by atoms with Gasteiger partial charge in [-0.15, -0.1) is 0 Å². The molecule has 1 amide bonds. The molecule has 9 nitrogen and oxygen atoms in total. The largest absolute Gasteiger partial charge is 0.506 e. The maximum atomic E-state index is 13.5. The predicted octanol–water partition coefficient (Wildman–Crippen LogP) is 3.91. The van der Waals surface area contributed by atoms with Crippen molar-refractivity contribution in [2.24, 2.45) is 11.8 Å². The highest BCUT2D eigenvalue weighted by molar-refractivity contribution is 5.69. The Balaban J connectivity index is 1.12. The van der Waals surface area contributed by atoms with Gasteiger partial charge in [0.2, 0.25) is 6.10 Å². The van der Waals surface area contributed by atoms with Gasteiger partial charge in [-0.25, -0.2) is 14.5 Å². The lowest BCUT2D eigenvalue weighted by Crippen LogP contribution is -2.42. The molecule has 1 aliphatic heterocycles. The number of nitrogens with zero attached hydrogens (tertiary/aromatic N) is 4. The summed E-state index contributed by atoms with van der Waals surface area (Å²) in [5, 5.41) is 13.9. The molecule has 1 aromatic carbocycles. The number of aromatic nitrogens is 3. The minimum Gasteiger partial charge on any atom is -0.506 e. The van der Waals surface area contributed by atoms with Crippen LogP contribution < -0.4 is 4.74 Å². The second-order valence-corrected chi connectivity index (χ2v) is 9.10. The minimum atomic E-state index is -4.75. The third-order valence-electron chi connectivity index (χ3n) is 6.68. The number of fused-ring (bicyclic) bond motifs is 1. The number of methoxy groups -OCH3 is 1. The zero-order valence-electron chi connectivity index (χ0n) is 19.8. The topological polar surface area (TPSA) is 98.9 Å². The average molecular weight is 518 g/mol. The van der Waals surface area contributed by atoms with Crippen LogP contribution in [0, 0.1) is 11.8 Å². The number of carbonyl (C=O) groups is 1. The normalized spacial score (nSPS) is 21.4. The number of alkyl halides is 3. The monoisotopic (exact) mass is 518 g/mol. The Bertz CT molecular complexity index is 1220. The Labute approximate surface area is 210 Å². The van der Waals surface area contributed by atoms with Crippen molar-refractivity contribution < 1.29 is 37.3 Å². The molecule has 1 aliphatic carbocycles. The molecule has 5 rings (SSSR count). The molecule has 1 saturated heterocycles. The van der Waals surface area contributed by atoms with E-state index in [0.717, 1.165) is 5.69 Å². The number of rotatable bonds is 8. The molecule has 1 saturated carbocycles. The molecule has 12 heteroatoms. The molecule has 2 fully saturated rings. The third-order valence-corrected chi connectivity index (χ3v) is 6.68. The van der Waals surface area contributed by atoms with E-state index >= 15 is 0 Å². The van der Waals surface area contributed by atoms with Crippen LogP contribution >= 0.6 is 0 Å². The van der Waals surface area contributed by atoms with E-state index in [9.17, 15) is 23.1 Å². The number of hydrogen-bond donors (Lipinski definition) is 1. The highest BCUT2D eigenvalue weighted by Gasteiger charge is 2.59. The molecule has 3 aromatic rings. The van der Waals surface area contributed by atoms with Crippen molar-refractivity contribution in [2.45, 2.75) is 24.8 Å². The second kappa shape index (κ2) is 9.92. The van der Waals surface area contributed by atoms with Crippen LogP contribution in [0.15, 0.2) is 54.9 Å². The van der Waals surface area contributed by atoms with Crippen LogP contribution in [0.25, 0.3) is 5.82 Å². The number of halogens is 3. The number of hydrogen-bond acceptors (Lipinski definition) is 7. The van der Waals surface area contributed by atoms with Crippen LogP contribution in [0.5, 0.6) is 11.5 Å². The van der Waals surface area contributed by atoms with E-state index in [1.807, 2.05) is 6.07 Å². The highest BCUT2D eigenvalue weighted by Crippen LogP contribution is 2.57. The van der Waals surface area contributed by atoms with Gasteiger partial charge in [-0.3, -0.25) is 0 Å². The smallest absolute Gasteiger partial charge is 0.427 e. The number of benzene rings is 1. The molecule has 0 bridgehead atoms. The van der Waals surface area contributed by atoms with Gasteiger partial charge in [0.25, 0.3) is 0 Å². The van der Waals surface area contributed by atoms with E-state index < -0.39 is 25.0 Å². The van der Waals surface area contributed by atoms with Crippen molar-refractivity contribution in [1.82, 2.24) is 19.7 Å². The van der Waals surface area contributed by atoms with Crippen molar-refractivity contribution >= 4 is 6.09 Å². The van der Waals surface area contributed by atoms with Gasteiger partial charge >= 0.3 is 12.3 Å². The number of carbonyl (C=O) groups excluding carboxylic acids is 1. The van der Waals surface area contributed by atoms with Crippen LogP contribution in [0.1, 0.15) is 17.2 Å². The first kappa shape index (κ1) is 24.9. The molecular formula is C25H25F3N4O5. The molecular weight excluding hydrogens is 493 g/mol. The molecule has 1 N–H and O–H groups in total. The fourth-order valence-electron chi connectivity index (χ4n) is 4.67. The van der Waals surface area contributed by atoms with E-state index in [1.165, 1.54) is 24.3 Å². The first-order chi connectivity index (χ1) is 17.7. The molecule has 2 aliphatic rings. The van der Waals surface area contributed by atoms with Crippen molar-refractivity contribution in [2.75, 3.05) is 26.8 Å². The predicted molar refractivity (Wildman–Crippen MR) is 123 cm³/mol. The van der Waals surface area contributed by atoms with Crippen LogP contribution in [-0.4, -0.2) is 70.0 Å². The fourth-order valence-corrected chi connectivity index (χ4v) is 4.67. The maximum Gasteiger partial charge on any atom is 0.427 e. The fraction of sp³-hybridized carbons (Fsp3) is 0.400. The summed E-state index contributed by atoms with van der Waals surface area (Å²) < 4.78 is 57.2. The zero-order valence-corrected chi connectivity index (χ0v) is 19.8. The van der Waals surface area contributed by atoms with Gasteiger partial charge < -0.3 is 24.2 Å². The minimum absolute atomic E-state index is 0.0522. The van der Waals surface area contributed by atoms with Crippen molar-refractivity contribution in [1.29, 1.82) is 0 Å². The molecule has 37 heavy (non-hydrogen) atoms. The molecule has 2 aromatic heterocycles. The Hall–Kier alpha value is -3.80. The molecule has 3 heterocycles. The lowest BCUT2D eigenvalue weighted by molar-refractivity contribution is -0.219. The number of pyridine rings is 1. The number of likely N-dealkylation sites (tertiary alicyclic amines) is 1. The van der Waals surface area contributed by atoms with Gasteiger partial charge in [-0.2, -0.15) is 18.3 Å². The summed E-state index contributed by atoms with van der Waals surface area (Å²) in [4.78, 5) is 17.9. The Morgan fingerprint density at radius 3 is 2.49 bits per heavy atom. The van der Waals surface area contributed by atoms with Gasteiger partial charge in [0.05, 0.1) is 32.2 Å². The van der Waals surface area contributed by atoms with Gasteiger partial charge in [-0.1, -0.05) is 12.1 Å². The van der Waals surface area contributed by atoms with Crippen LogP contribution in [-0.2, 0) is 16.1 Å².